The second kappa shape index (κ2) is 3.30. The van der Waals surface area contributed by atoms with Gasteiger partial charge in [0.05, 0.1) is 13.2 Å². The molecule has 0 N–H and O–H groups in total. The molecule has 0 radical (unpaired) electrons. The summed E-state index contributed by atoms with van der Waals surface area (Å²) in [5.74, 6) is 0. The van der Waals surface area contributed by atoms with Gasteiger partial charge in [-0.3, -0.25) is 0 Å². The van der Waals surface area contributed by atoms with E-state index in [2.05, 4.69) is 0 Å². The molecular formula is C8H14O4. The van der Waals surface area contributed by atoms with Crippen molar-refractivity contribution in [2.45, 2.75) is 38.6 Å². The minimum Gasteiger partial charge on any atom is -0.350 e. The van der Waals surface area contributed by atoms with E-state index in [1.165, 1.54) is 0 Å². The van der Waals surface area contributed by atoms with Crippen LogP contribution in [-0.4, -0.2) is 38.0 Å². The number of hydrogen-bond donors (Lipinski definition) is 0. The molecule has 70 valence electrons. The lowest BCUT2D eigenvalue weighted by Crippen LogP contribution is -2.51. The molecule has 0 spiro atoms. The van der Waals surface area contributed by atoms with E-state index >= 15 is 0 Å². The largest absolute Gasteiger partial charge is 0.350 e. The van der Waals surface area contributed by atoms with Gasteiger partial charge in [-0.15, -0.1) is 0 Å². The molecular weight excluding hydrogens is 160 g/mol. The third kappa shape index (κ3) is 1.61. The van der Waals surface area contributed by atoms with Crippen LogP contribution in [0.3, 0.4) is 0 Å². The summed E-state index contributed by atoms with van der Waals surface area (Å²) in [6.07, 6.45) is -0.173. The van der Waals surface area contributed by atoms with Crippen LogP contribution in [0.15, 0.2) is 0 Å². The Labute approximate surface area is 71.7 Å². The summed E-state index contributed by atoms with van der Waals surface area (Å²) in [6, 6.07) is 0. The normalized spacial score (nSPS) is 48.5. The molecule has 0 saturated carbocycles. The van der Waals surface area contributed by atoms with Crippen LogP contribution in [0.25, 0.3) is 0 Å². The minimum absolute atomic E-state index is 0.0462. The van der Waals surface area contributed by atoms with Gasteiger partial charge >= 0.3 is 0 Å². The Morgan fingerprint density at radius 1 is 0.833 bits per heavy atom. The highest BCUT2D eigenvalue weighted by molar-refractivity contribution is 4.77. The molecule has 2 aliphatic heterocycles. The zero-order valence-corrected chi connectivity index (χ0v) is 7.36. The van der Waals surface area contributed by atoms with Gasteiger partial charge < -0.3 is 18.9 Å². The SMILES string of the molecule is C[C@@H]1OC[C@H]2O[C@@H](C)OC[C@H]2O1. The van der Waals surface area contributed by atoms with Crippen molar-refractivity contribution in [1.29, 1.82) is 0 Å². The zero-order chi connectivity index (χ0) is 8.55. The molecule has 0 bridgehead atoms. The molecule has 4 atom stereocenters. The molecule has 0 unspecified atom stereocenters. The van der Waals surface area contributed by atoms with Crippen LogP contribution in [-0.2, 0) is 18.9 Å². The van der Waals surface area contributed by atoms with Gasteiger partial charge in [-0.25, -0.2) is 0 Å². The number of ether oxygens (including phenoxy) is 4. The van der Waals surface area contributed by atoms with E-state index in [0.29, 0.717) is 13.2 Å². The van der Waals surface area contributed by atoms with Gasteiger partial charge in [-0.2, -0.15) is 0 Å². The third-order valence-electron chi connectivity index (χ3n) is 2.14. The topological polar surface area (TPSA) is 36.9 Å². The summed E-state index contributed by atoms with van der Waals surface area (Å²) in [5.41, 5.74) is 0. The average Bonchev–Trinajstić information content (AvgIpc) is 2.05. The summed E-state index contributed by atoms with van der Waals surface area (Å²) in [6.45, 7) is 4.99. The minimum atomic E-state index is -0.133. The van der Waals surface area contributed by atoms with Crippen LogP contribution in [0.1, 0.15) is 13.8 Å². The molecule has 0 aliphatic carbocycles. The van der Waals surface area contributed by atoms with Gasteiger partial charge in [0, 0.05) is 0 Å². The maximum atomic E-state index is 5.47. The maximum absolute atomic E-state index is 5.47. The Morgan fingerprint density at radius 2 is 1.25 bits per heavy atom. The summed E-state index contributed by atoms with van der Waals surface area (Å²) in [5, 5.41) is 0. The quantitative estimate of drug-likeness (QED) is 0.536. The first kappa shape index (κ1) is 8.44. The molecule has 4 heteroatoms. The van der Waals surface area contributed by atoms with E-state index in [1.807, 2.05) is 13.8 Å². The molecule has 0 aromatic carbocycles. The van der Waals surface area contributed by atoms with Crippen molar-refractivity contribution in [3.63, 3.8) is 0 Å². The van der Waals surface area contributed by atoms with Gasteiger partial charge in [-0.05, 0) is 13.8 Å². The predicted molar refractivity (Wildman–Crippen MR) is 40.6 cm³/mol. The van der Waals surface area contributed by atoms with E-state index < -0.39 is 0 Å². The zero-order valence-electron chi connectivity index (χ0n) is 7.36. The second-order valence-corrected chi connectivity index (χ2v) is 3.15. The Hall–Kier alpha value is -0.160. The molecule has 0 amide bonds. The Morgan fingerprint density at radius 3 is 1.67 bits per heavy atom. The van der Waals surface area contributed by atoms with Gasteiger partial charge in [-0.1, -0.05) is 0 Å². The van der Waals surface area contributed by atoms with E-state index in [9.17, 15) is 0 Å². The number of rotatable bonds is 0. The summed E-state index contributed by atoms with van der Waals surface area (Å²) >= 11 is 0. The lowest BCUT2D eigenvalue weighted by atomic mass is 10.2. The van der Waals surface area contributed by atoms with Crippen molar-refractivity contribution in [2.24, 2.45) is 0 Å². The second-order valence-electron chi connectivity index (χ2n) is 3.15. The number of hydrogen-bond acceptors (Lipinski definition) is 4. The molecule has 2 heterocycles. The predicted octanol–water partition coefficient (Wildman–Crippen LogP) is 0.509. The van der Waals surface area contributed by atoms with Crippen LogP contribution in [0, 0.1) is 0 Å². The fraction of sp³-hybridized carbons (Fsp3) is 1.00. The first-order chi connectivity index (χ1) is 5.75. The van der Waals surface area contributed by atoms with Crippen molar-refractivity contribution < 1.29 is 18.9 Å². The van der Waals surface area contributed by atoms with E-state index in [0.717, 1.165) is 0 Å². The van der Waals surface area contributed by atoms with Crippen LogP contribution in [0.5, 0.6) is 0 Å². The monoisotopic (exact) mass is 174 g/mol. The van der Waals surface area contributed by atoms with E-state index in [1.54, 1.807) is 0 Å². The highest BCUT2D eigenvalue weighted by atomic mass is 16.8. The van der Waals surface area contributed by atoms with E-state index in [-0.39, 0.29) is 24.8 Å². The van der Waals surface area contributed by atoms with Gasteiger partial charge in [0.25, 0.3) is 0 Å². The molecule has 4 nitrogen and oxygen atoms in total. The van der Waals surface area contributed by atoms with Crippen LogP contribution >= 0.6 is 0 Å². The third-order valence-corrected chi connectivity index (χ3v) is 2.14. The first-order valence-electron chi connectivity index (χ1n) is 4.30. The van der Waals surface area contributed by atoms with Crippen LogP contribution < -0.4 is 0 Å². The Kier molecular flexibility index (Phi) is 2.32. The van der Waals surface area contributed by atoms with Crippen molar-refractivity contribution in [1.82, 2.24) is 0 Å². The van der Waals surface area contributed by atoms with Crippen LogP contribution in [0.2, 0.25) is 0 Å². The lowest BCUT2D eigenvalue weighted by Gasteiger charge is -2.40. The maximum Gasteiger partial charge on any atom is 0.155 e. The van der Waals surface area contributed by atoms with Crippen molar-refractivity contribution in [2.75, 3.05) is 13.2 Å². The van der Waals surface area contributed by atoms with E-state index in [4.69, 9.17) is 18.9 Å². The molecule has 0 aromatic rings. The fourth-order valence-electron chi connectivity index (χ4n) is 1.50. The van der Waals surface area contributed by atoms with Crippen LogP contribution in [0.4, 0.5) is 0 Å². The Bertz CT molecular complexity index is 143. The standard InChI is InChI=1S/C8H14O4/c1-5-9-3-8-7(11-5)4-10-6(2)12-8/h5-8H,3-4H2,1-2H3/t5-,6+,7-,8-/m1/s1. The summed E-state index contributed by atoms with van der Waals surface area (Å²) < 4.78 is 21.5. The van der Waals surface area contributed by atoms with Crippen molar-refractivity contribution in [3.05, 3.63) is 0 Å². The molecule has 2 rings (SSSR count). The molecule has 12 heavy (non-hydrogen) atoms. The molecule has 2 fully saturated rings. The smallest absolute Gasteiger partial charge is 0.155 e. The van der Waals surface area contributed by atoms with Gasteiger partial charge in [0.2, 0.25) is 0 Å². The first-order valence-corrected chi connectivity index (χ1v) is 4.30. The fourth-order valence-corrected chi connectivity index (χ4v) is 1.50. The summed E-state index contributed by atoms with van der Waals surface area (Å²) in [4.78, 5) is 0. The number of fused-ring (bicyclic) bond motifs is 1. The highest BCUT2D eigenvalue weighted by Gasteiger charge is 2.35. The Balaban J connectivity index is 1.94. The van der Waals surface area contributed by atoms with Gasteiger partial charge in [0.1, 0.15) is 12.2 Å². The molecule has 0 aromatic heterocycles. The molecule has 2 aliphatic rings. The lowest BCUT2D eigenvalue weighted by molar-refractivity contribution is -0.328. The highest BCUT2D eigenvalue weighted by Crippen LogP contribution is 2.21. The van der Waals surface area contributed by atoms with Crippen molar-refractivity contribution >= 4 is 0 Å². The van der Waals surface area contributed by atoms with Crippen molar-refractivity contribution in [3.8, 4) is 0 Å². The average molecular weight is 174 g/mol. The van der Waals surface area contributed by atoms with Gasteiger partial charge in [0.15, 0.2) is 12.6 Å². The molecule has 2 saturated heterocycles. The summed E-state index contributed by atoms with van der Waals surface area (Å²) in [7, 11) is 0.